The van der Waals surface area contributed by atoms with Crippen molar-refractivity contribution in [3.63, 3.8) is 0 Å². The first-order chi connectivity index (χ1) is 31.5. The molecule has 0 rings (SSSR count). The van der Waals surface area contributed by atoms with Crippen LogP contribution < -0.4 is 0 Å². The van der Waals surface area contributed by atoms with Crippen LogP contribution in [0, 0.1) is 0 Å². The zero-order chi connectivity index (χ0) is 46.5. The highest BCUT2D eigenvalue weighted by atomic mass is 16.6. The van der Waals surface area contributed by atoms with Crippen LogP contribution in [0.25, 0.3) is 0 Å². The third kappa shape index (κ3) is 49.6. The van der Waals surface area contributed by atoms with Crippen molar-refractivity contribution in [1.29, 1.82) is 0 Å². The molecule has 0 spiro atoms. The highest BCUT2D eigenvalue weighted by Crippen LogP contribution is 2.14. The van der Waals surface area contributed by atoms with Gasteiger partial charge in [-0.15, -0.1) is 0 Å². The summed E-state index contributed by atoms with van der Waals surface area (Å²) in [5, 5.41) is 0. The molecule has 366 valence electrons. The number of carbonyl (C=O) groups is 3. The van der Waals surface area contributed by atoms with E-state index in [1.54, 1.807) is 0 Å². The minimum absolute atomic E-state index is 0.104. The van der Waals surface area contributed by atoms with Crippen LogP contribution in [-0.2, 0) is 28.6 Å². The van der Waals surface area contributed by atoms with E-state index < -0.39 is 6.10 Å². The minimum atomic E-state index is -0.812. The molecule has 1 atom stereocenters. The lowest BCUT2D eigenvalue weighted by atomic mass is 10.0. The fraction of sp³-hybridized carbons (Fsp3) is 0.707. The van der Waals surface area contributed by atoms with E-state index in [2.05, 4.69) is 106 Å². The van der Waals surface area contributed by atoms with Crippen LogP contribution >= 0.6 is 0 Å². The highest BCUT2D eigenvalue weighted by Gasteiger charge is 2.19. The summed E-state index contributed by atoms with van der Waals surface area (Å²) in [5.74, 6) is -0.989. The molecule has 0 aromatic heterocycles. The topological polar surface area (TPSA) is 78.9 Å². The molecule has 0 fully saturated rings. The van der Waals surface area contributed by atoms with E-state index in [1.165, 1.54) is 109 Å². The maximum Gasteiger partial charge on any atom is 0.306 e. The lowest BCUT2D eigenvalue weighted by molar-refractivity contribution is -0.167. The summed E-state index contributed by atoms with van der Waals surface area (Å²) in [6, 6.07) is 0. The largest absolute Gasteiger partial charge is 0.462 e. The molecule has 0 N–H and O–H groups in total. The van der Waals surface area contributed by atoms with E-state index >= 15 is 0 Å². The molecule has 64 heavy (non-hydrogen) atoms. The molecule has 0 bridgehead atoms. The normalized spacial score (nSPS) is 12.7. The first kappa shape index (κ1) is 60.6. The average Bonchev–Trinajstić information content (AvgIpc) is 3.29. The summed E-state index contributed by atoms with van der Waals surface area (Å²) in [6.07, 6.45) is 67.1. The summed E-state index contributed by atoms with van der Waals surface area (Å²) in [5.41, 5.74) is 0. The molecule has 0 aromatic carbocycles. The number of hydrogen-bond acceptors (Lipinski definition) is 6. The molecular weight excluding hydrogens is 793 g/mol. The van der Waals surface area contributed by atoms with Gasteiger partial charge in [-0.05, 0) is 89.9 Å². The lowest BCUT2D eigenvalue weighted by Gasteiger charge is -2.18. The van der Waals surface area contributed by atoms with Crippen molar-refractivity contribution in [3.05, 3.63) is 85.1 Å². The van der Waals surface area contributed by atoms with E-state index in [9.17, 15) is 14.4 Å². The standard InChI is InChI=1S/C58H98O6/c1-4-7-10-13-16-19-22-25-27-29-31-33-36-39-42-45-48-51-57(60)63-54-55(53-62-56(59)50-47-44-41-38-35-32-24-21-18-15-12-9-6-3)64-58(61)52-49-46-43-40-37-34-30-28-26-23-20-17-14-11-8-5-2/h8,11,17,20,25-28,31,33-34,37,39,42,55H,4-7,9-10,12-16,18-19,21-24,29-30,32,35-36,38,40-41,43-54H2,1-3H3/b11-8-,20-17-,27-25-,28-26-,33-31-,37-34-,42-39-. The van der Waals surface area contributed by atoms with Gasteiger partial charge in [0.2, 0.25) is 0 Å². The zero-order valence-corrected chi connectivity index (χ0v) is 41.8. The van der Waals surface area contributed by atoms with Crippen LogP contribution in [0.1, 0.15) is 245 Å². The Morgan fingerprint density at radius 2 is 0.625 bits per heavy atom. The maximum atomic E-state index is 12.8. The molecule has 0 radical (unpaired) electrons. The Kier molecular flexibility index (Phi) is 49.4. The molecule has 0 aliphatic rings. The second-order valence-electron chi connectivity index (χ2n) is 17.4. The molecule has 0 aliphatic heterocycles. The Balaban J connectivity index is 4.51. The van der Waals surface area contributed by atoms with Crippen LogP contribution in [-0.4, -0.2) is 37.2 Å². The van der Waals surface area contributed by atoms with Crippen molar-refractivity contribution in [3.8, 4) is 0 Å². The molecule has 0 amide bonds. The van der Waals surface area contributed by atoms with Crippen molar-refractivity contribution >= 4 is 17.9 Å². The zero-order valence-electron chi connectivity index (χ0n) is 41.8. The molecule has 1 unspecified atom stereocenters. The Morgan fingerprint density at radius 3 is 1.03 bits per heavy atom. The van der Waals surface area contributed by atoms with Gasteiger partial charge in [0.25, 0.3) is 0 Å². The Labute approximate surface area is 395 Å². The predicted molar refractivity (Wildman–Crippen MR) is 274 cm³/mol. The summed E-state index contributed by atoms with van der Waals surface area (Å²) in [7, 11) is 0. The van der Waals surface area contributed by atoms with Crippen LogP contribution in [0.5, 0.6) is 0 Å². The number of hydrogen-bond donors (Lipinski definition) is 0. The summed E-state index contributed by atoms with van der Waals surface area (Å²) in [6.45, 7) is 6.45. The predicted octanol–water partition coefficient (Wildman–Crippen LogP) is 17.6. The van der Waals surface area contributed by atoms with Crippen LogP contribution in [0.2, 0.25) is 0 Å². The van der Waals surface area contributed by atoms with E-state index in [0.29, 0.717) is 12.8 Å². The quantitative estimate of drug-likeness (QED) is 0.0262. The number of rotatable bonds is 47. The number of allylic oxidation sites excluding steroid dienone is 14. The lowest BCUT2D eigenvalue weighted by Crippen LogP contribution is -2.30. The first-order valence-electron chi connectivity index (χ1n) is 26.6. The Hall–Kier alpha value is -3.41. The summed E-state index contributed by atoms with van der Waals surface area (Å²) < 4.78 is 16.7. The monoisotopic (exact) mass is 891 g/mol. The Bertz CT molecular complexity index is 1250. The van der Waals surface area contributed by atoms with Gasteiger partial charge in [0, 0.05) is 19.3 Å². The molecule has 0 saturated carbocycles. The summed E-state index contributed by atoms with van der Waals surface area (Å²) >= 11 is 0. The second kappa shape index (κ2) is 52.2. The molecule has 6 heteroatoms. The van der Waals surface area contributed by atoms with Crippen molar-refractivity contribution in [2.45, 2.75) is 252 Å². The molecule has 6 nitrogen and oxygen atoms in total. The molecule has 0 aromatic rings. The van der Waals surface area contributed by atoms with Gasteiger partial charge >= 0.3 is 17.9 Å². The molecule has 0 aliphatic carbocycles. The Morgan fingerprint density at radius 1 is 0.328 bits per heavy atom. The first-order valence-corrected chi connectivity index (χ1v) is 26.6. The number of carbonyl (C=O) groups excluding carboxylic acids is 3. The SMILES string of the molecule is CC/C=C\C/C=C\C/C=C\C/C=C\CCCCCC(=O)OC(COC(=O)CCC/C=C\C/C=C\C/C=C\CCCCCCCC)COC(=O)CCCCCCCCCCCCCCC. The van der Waals surface area contributed by atoms with Gasteiger partial charge in [-0.2, -0.15) is 0 Å². The number of esters is 3. The molecule has 0 saturated heterocycles. The van der Waals surface area contributed by atoms with Crippen molar-refractivity contribution < 1.29 is 28.6 Å². The summed E-state index contributed by atoms with van der Waals surface area (Å²) in [4.78, 5) is 38.0. The van der Waals surface area contributed by atoms with E-state index in [0.717, 1.165) is 89.9 Å². The van der Waals surface area contributed by atoms with Crippen molar-refractivity contribution in [2.75, 3.05) is 13.2 Å². The van der Waals surface area contributed by atoms with Crippen LogP contribution in [0.3, 0.4) is 0 Å². The molecular formula is C58H98O6. The van der Waals surface area contributed by atoms with Gasteiger partial charge in [0.1, 0.15) is 13.2 Å². The fourth-order valence-corrected chi connectivity index (χ4v) is 7.15. The smallest absolute Gasteiger partial charge is 0.306 e. The van der Waals surface area contributed by atoms with Crippen LogP contribution in [0.4, 0.5) is 0 Å². The third-order valence-corrected chi connectivity index (χ3v) is 11.1. The fourth-order valence-electron chi connectivity index (χ4n) is 7.15. The highest BCUT2D eigenvalue weighted by molar-refractivity contribution is 5.71. The van der Waals surface area contributed by atoms with Crippen LogP contribution in [0.15, 0.2) is 85.1 Å². The van der Waals surface area contributed by atoms with E-state index in [-0.39, 0.29) is 44.0 Å². The minimum Gasteiger partial charge on any atom is -0.462 e. The second-order valence-corrected chi connectivity index (χ2v) is 17.4. The van der Waals surface area contributed by atoms with Gasteiger partial charge in [-0.1, -0.05) is 221 Å². The van der Waals surface area contributed by atoms with Gasteiger partial charge in [0.05, 0.1) is 0 Å². The number of unbranched alkanes of at least 4 members (excludes halogenated alkanes) is 22. The average molecular weight is 891 g/mol. The van der Waals surface area contributed by atoms with Gasteiger partial charge in [0.15, 0.2) is 6.10 Å². The third-order valence-electron chi connectivity index (χ3n) is 11.1. The van der Waals surface area contributed by atoms with E-state index in [4.69, 9.17) is 14.2 Å². The van der Waals surface area contributed by atoms with Crippen molar-refractivity contribution in [2.24, 2.45) is 0 Å². The van der Waals surface area contributed by atoms with Gasteiger partial charge in [-0.3, -0.25) is 14.4 Å². The van der Waals surface area contributed by atoms with Gasteiger partial charge < -0.3 is 14.2 Å². The number of ether oxygens (including phenoxy) is 3. The molecule has 0 heterocycles. The van der Waals surface area contributed by atoms with Crippen molar-refractivity contribution in [1.82, 2.24) is 0 Å². The van der Waals surface area contributed by atoms with E-state index in [1.807, 2.05) is 0 Å². The van der Waals surface area contributed by atoms with Gasteiger partial charge in [-0.25, -0.2) is 0 Å². The maximum absolute atomic E-state index is 12.8.